The lowest BCUT2D eigenvalue weighted by Crippen LogP contribution is -2.19. The summed E-state index contributed by atoms with van der Waals surface area (Å²) in [6.45, 7) is -1.43. The van der Waals surface area contributed by atoms with Gasteiger partial charge in [0.2, 0.25) is 0 Å². The van der Waals surface area contributed by atoms with E-state index in [-0.39, 0.29) is 12.4 Å². The Morgan fingerprint density at radius 1 is 0.955 bits per heavy atom. The van der Waals surface area contributed by atoms with Gasteiger partial charge in [-0.2, -0.15) is 13.2 Å². The maximum absolute atomic E-state index is 12.3. The van der Waals surface area contributed by atoms with Crippen molar-refractivity contribution >= 4 is 0 Å². The van der Waals surface area contributed by atoms with Crippen molar-refractivity contribution in [3.05, 3.63) is 48.0 Å². The fourth-order valence-corrected chi connectivity index (χ4v) is 1.91. The van der Waals surface area contributed by atoms with Crippen LogP contribution in [0.1, 0.15) is 5.56 Å². The predicted molar refractivity (Wildman–Crippen MR) is 75.9 cm³/mol. The Kier molecular flexibility index (Phi) is 4.92. The van der Waals surface area contributed by atoms with Gasteiger partial charge in [0.1, 0.15) is 11.5 Å². The quantitative estimate of drug-likeness (QED) is 0.913. The number of hydrogen-bond acceptors (Lipinski definition) is 3. The molecule has 0 aliphatic heterocycles. The molecule has 0 aliphatic carbocycles. The minimum absolute atomic E-state index is 0.0711. The summed E-state index contributed by atoms with van der Waals surface area (Å²) < 4.78 is 46.6. The third-order valence-corrected chi connectivity index (χ3v) is 2.99. The molecule has 22 heavy (non-hydrogen) atoms. The van der Waals surface area contributed by atoms with Gasteiger partial charge < -0.3 is 14.6 Å². The first kappa shape index (κ1) is 16.2. The number of alkyl halides is 3. The average molecular weight is 312 g/mol. The van der Waals surface area contributed by atoms with Crippen LogP contribution in [0.5, 0.6) is 11.5 Å². The summed E-state index contributed by atoms with van der Waals surface area (Å²) in [6.07, 6.45) is -4.40. The Bertz CT molecular complexity index is 622. The van der Waals surface area contributed by atoms with Crippen LogP contribution in [0.15, 0.2) is 42.5 Å². The molecule has 2 rings (SSSR count). The lowest BCUT2D eigenvalue weighted by molar-refractivity contribution is -0.153. The van der Waals surface area contributed by atoms with Crippen molar-refractivity contribution in [2.24, 2.45) is 0 Å². The van der Waals surface area contributed by atoms with E-state index in [1.807, 2.05) is 0 Å². The average Bonchev–Trinajstić information content (AvgIpc) is 2.52. The largest absolute Gasteiger partial charge is 0.497 e. The van der Waals surface area contributed by atoms with E-state index in [2.05, 4.69) is 0 Å². The molecule has 0 spiro atoms. The van der Waals surface area contributed by atoms with E-state index in [0.29, 0.717) is 11.3 Å². The first-order chi connectivity index (χ1) is 10.4. The Balaban J connectivity index is 2.29. The van der Waals surface area contributed by atoms with Gasteiger partial charge in [0.05, 0.1) is 13.7 Å². The molecule has 0 aromatic heterocycles. The Morgan fingerprint density at radius 3 is 2.14 bits per heavy atom. The highest BCUT2D eigenvalue weighted by Crippen LogP contribution is 2.31. The molecular formula is C16H15F3O3. The molecule has 118 valence electrons. The molecule has 0 aliphatic rings. The van der Waals surface area contributed by atoms with Gasteiger partial charge in [-0.15, -0.1) is 0 Å². The zero-order valence-electron chi connectivity index (χ0n) is 11.9. The van der Waals surface area contributed by atoms with Crippen LogP contribution in [0.2, 0.25) is 0 Å². The summed E-state index contributed by atoms with van der Waals surface area (Å²) >= 11 is 0. The molecule has 0 saturated carbocycles. The van der Waals surface area contributed by atoms with Crippen molar-refractivity contribution in [1.82, 2.24) is 0 Å². The minimum atomic E-state index is -4.40. The van der Waals surface area contributed by atoms with E-state index in [1.54, 1.807) is 30.3 Å². The highest BCUT2D eigenvalue weighted by molar-refractivity contribution is 5.67. The van der Waals surface area contributed by atoms with Gasteiger partial charge in [-0.1, -0.05) is 24.3 Å². The van der Waals surface area contributed by atoms with Crippen molar-refractivity contribution in [2.45, 2.75) is 12.8 Å². The van der Waals surface area contributed by atoms with Crippen LogP contribution in [0.25, 0.3) is 11.1 Å². The van der Waals surface area contributed by atoms with Crippen LogP contribution in [0, 0.1) is 0 Å². The highest BCUT2D eigenvalue weighted by atomic mass is 19.4. The van der Waals surface area contributed by atoms with Crippen LogP contribution in [-0.4, -0.2) is 25.0 Å². The molecule has 6 heteroatoms. The maximum atomic E-state index is 12.3. The molecule has 0 heterocycles. The van der Waals surface area contributed by atoms with Crippen LogP contribution in [0.3, 0.4) is 0 Å². The number of rotatable bonds is 5. The van der Waals surface area contributed by atoms with Crippen LogP contribution in [0.4, 0.5) is 13.2 Å². The molecule has 2 aromatic rings. The lowest BCUT2D eigenvalue weighted by atomic mass is 10.0. The van der Waals surface area contributed by atoms with Gasteiger partial charge in [-0.3, -0.25) is 0 Å². The Morgan fingerprint density at radius 2 is 1.59 bits per heavy atom. The number of methoxy groups -OCH3 is 1. The Labute approximate surface area is 125 Å². The zero-order chi connectivity index (χ0) is 16.2. The smallest absolute Gasteiger partial charge is 0.422 e. The topological polar surface area (TPSA) is 38.7 Å². The van der Waals surface area contributed by atoms with Crippen LogP contribution < -0.4 is 9.47 Å². The predicted octanol–water partition coefficient (Wildman–Crippen LogP) is 3.80. The third-order valence-electron chi connectivity index (χ3n) is 2.99. The summed E-state index contributed by atoms with van der Waals surface area (Å²) in [6, 6.07) is 11.6. The summed E-state index contributed by atoms with van der Waals surface area (Å²) in [5.41, 5.74) is 2.20. The van der Waals surface area contributed by atoms with Gasteiger partial charge in [0, 0.05) is 6.07 Å². The molecule has 0 unspecified atom stereocenters. The standard InChI is InChI=1S/C16H15F3O3/c1-21-14-6-13(12-4-2-11(9-20)3-5-12)7-15(8-14)22-10-16(17,18)19/h2-8,20H,9-10H2,1H3. The number of benzene rings is 2. The Hall–Kier alpha value is -2.21. The van der Waals surface area contributed by atoms with Crippen molar-refractivity contribution in [3.8, 4) is 22.6 Å². The van der Waals surface area contributed by atoms with E-state index >= 15 is 0 Å². The number of ether oxygens (including phenoxy) is 2. The molecule has 0 bridgehead atoms. The van der Waals surface area contributed by atoms with E-state index in [4.69, 9.17) is 14.6 Å². The fourth-order valence-electron chi connectivity index (χ4n) is 1.91. The second-order valence-corrected chi connectivity index (χ2v) is 4.66. The number of aliphatic hydroxyl groups is 1. The molecule has 3 nitrogen and oxygen atoms in total. The summed E-state index contributed by atoms with van der Waals surface area (Å²) in [7, 11) is 1.43. The van der Waals surface area contributed by atoms with Gasteiger partial charge in [0.15, 0.2) is 6.61 Å². The third kappa shape index (κ3) is 4.39. The van der Waals surface area contributed by atoms with Gasteiger partial charge in [-0.05, 0) is 28.8 Å². The monoisotopic (exact) mass is 312 g/mol. The summed E-state index contributed by atoms with van der Waals surface area (Å²) in [5.74, 6) is 0.485. The van der Waals surface area contributed by atoms with E-state index in [0.717, 1.165) is 11.1 Å². The van der Waals surface area contributed by atoms with E-state index < -0.39 is 12.8 Å². The second-order valence-electron chi connectivity index (χ2n) is 4.66. The first-order valence-electron chi connectivity index (χ1n) is 6.50. The molecule has 2 aromatic carbocycles. The van der Waals surface area contributed by atoms with Gasteiger partial charge >= 0.3 is 6.18 Å². The summed E-state index contributed by atoms with van der Waals surface area (Å²) in [4.78, 5) is 0. The molecule has 0 fully saturated rings. The van der Waals surface area contributed by atoms with Crippen LogP contribution >= 0.6 is 0 Å². The van der Waals surface area contributed by atoms with Gasteiger partial charge in [-0.25, -0.2) is 0 Å². The molecule has 1 N–H and O–H groups in total. The fraction of sp³-hybridized carbons (Fsp3) is 0.250. The molecule has 0 amide bonds. The van der Waals surface area contributed by atoms with Crippen LogP contribution in [-0.2, 0) is 6.61 Å². The number of aliphatic hydroxyl groups excluding tert-OH is 1. The molecule has 0 atom stereocenters. The van der Waals surface area contributed by atoms with Crippen molar-refractivity contribution in [2.75, 3.05) is 13.7 Å². The van der Waals surface area contributed by atoms with Crippen molar-refractivity contribution < 1.29 is 27.8 Å². The molecule has 0 radical (unpaired) electrons. The first-order valence-corrected chi connectivity index (χ1v) is 6.50. The maximum Gasteiger partial charge on any atom is 0.422 e. The highest BCUT2D eigenvalue weighted by Gasteiger charge is 2.28. The van der Waals surface area contributed by atoms with E-state index in [9.17, 15) is 13.2 Å². The lowest BCUT2D eigenvalue weighted by Gasteiger charge is -2.12. The zero-order valence-corrected chi connectivity index (χ0v) is 11.9. The molecule has 0 saturated heterocycles. The molecular weight excluding hydrogens is 297 g/mol. The minimum Gasteiger partial charge on any atom is -0.497 e. The van der Waals surface area contributed by atoms with Crippen molar-refractivity contribution in [3.63, 3.8) is 0 Å². The van der Waals surface area contributed by atoms with Gasteiger partial charge in [0.25, 0.3) is 0 Å². The summed E-state index contributed by atoms with van der Waals surface area (Å²) in [5, 5.41) is 9.03. The normalized spacial score (nSPS) is 11.3. The number of halogens is 3. The number of hydrogen-bond donors (Lipinski definition) is 1. The van der Waals surface area contributed by atoms with Crippen molar-refractivity contribution in [1.29, 1.82) is 0 Å². The SMILES string of the molecule is COc1cc(OCC(F)(F)F)cc(-c2ccc(CO)cc2)c1. The second kappa shape index (κ2) is 6.70. The van der Waals surface area contributed by atoms with E-state index in [1.165, 1.54) is 19.2 Å².